The van der Waals surface area contributed by atoms with Crippen molar-refractivity contribution in [3.05, 3.63) is 53.7 Å². The largest absolute Gasteiger partial charge is 0.362 e. The van der Waals surface area contributed by atoms with Crippen molar-refractivity contribution in [3.63, 3.8) is 0 Å². The van der Waals surface area contributed by atoms with Gasteiger partial charge in [-0.15, -0.1) is 0 Å². The zero-order chi connectivity index (χ0) is 15.7. The van der Waals surface area contributed by atoms with Crippen LogP contribution >= 0.6 is 0 Å². The van der Waals surface area contributed by atoms with E-state index < -0.39 is 0 Å². The van der Waals surface area contributed by atoms with E-state index in [1.165, 1.54) is 5.56 Å². The van der Waals surface area contributed by atoms with Gasteiger partial charge in [0.15, 0.2) is 0 Å². The summed E-state index contributed by atoms with van der Waals surface area (Å²) >= 11 is 0. The van der Waals surface area contributed by atoms with Gasteiger partial charge in [-0.3, -0.25) is 4.79 Å². The number of anilines is 2. The summed E-state index contributed by atoms with van der Waals surface area (Å²) in [6.07, 6.45) is 2.71. The Kier molecular flexibility index (Phi) is 3.84. The number of benzene rings is 1. The van der Waals surface area contributed by atoms with Crippen molar-refractivity contribution in [1.82, 2.24) is 4.98 Å². The van der Waals surface area contributed by atoms with Crippen molar-refractivity contribution in [3.8, 4) is 0 Å². The van der Waals surface area contributed by atoms with Crippen LogP contribution in [0.2, 0.25) is 0 Å². The molecular weight excluding hydrogens is 274 g/mol. The van der Waals surface area contributed by atoms with Crippen LogP contribution in [-0.4, -0.2) is 31.5 Å². The fraction of sp³-hybridized carbons (Fsp3) is 0.333. The minimum Gasteiger partial charge on any atom is -0.362 e. The molecule has 1 amide bonds. The van der Waals surface area contributed by atoms with Gasteiger partial charge in [-0.25, -0.2) is 4.98 Å². The van der Waals surface area contributed by atoms with Gasteiger partial charge in [0.1, 0.15) is 5.82 Å². The molecular formula is C18H21N3O. The first-order chi connectivity index (χ1) is 10.6. The molecule has 4 nitrogen and oxygen atoms in total. The molecule has 1 aromatic heterocycles. The monoisotopic (exact) mass is 295 g/mol. The number of hydrogen-bond acceptors (Lipinski definition) is 3. The third-order valence-corrected chi connectivity index (χ3v) is 4.23. The van der Waals surface area contributed by atoms with Gasteiger partial charge >= 0.3 is 0 Å². The van der Waals surface area contributed by atoms with Gasteiger partial charge in [0.05, 0.1) is 5.56 Å². The van der Waals surface area contributed by atoms with E-state index in [0.29, 0.717) is 17.3 Å². The number of amides is 1. The van der Waals surface area contributed by atoms with Crippen molar-refractivity contribution in [2.75, 3.05) is 30.4 Å². The predicted octanol–water partition coefficient (Wildman–Crippen LogP) is 3.30. The Hall–Kier alpha value is -2.36. The topological polar surface area (TPSA) is 36.4 Å². The van der Waals surface area contributed by atoms with Crippen LogP contribution in [-0.2, 0) is 0 Å². The zero-order valence-electron chi connectivity index (χ0n) is 13.3. The minimum absolute atomic E-state index is 0.0242. The number of carbonyl (C=O) groups is 1. The van der Waals surface area contributed by atoms with E-state index in [9.17, 15) is 4.79 Å². The van der Waals surface area contributed by atoms with E-state index in [4.69, 9.17) is 0 Å². The summed E-state index contributed by atoms with van der Waals surface area (Å²) < 4.78 is 0. The molecule has 0 N–H and O–H groups in total. The lowest BCUT2D eigenvalue weighted by Gasteiger charge is -2.33. The first-order valence-electron chi connectivity index (χ1n) is 7.62. The first-order valence-corrected chi connectivity index (χ1v) is 7.62. The van der Waals surface area contributed by atoms with Crippen molar-refractivity contribution in [1.29, 1.82) is 0 Å². The molecule has 1 aliphatic heterocycles. The zero-order valence-corrected chi connectivity index (χ0v) is 13.3. The molecule has 1 aliphatic rings. The minimum atomic E-state index is 0.0242. The third kappa shape index (κ3) is 2.45. The van der Waals surface area contributed by atoms with Crippen LogP contribution < -0.4 is 9.80 Å². The molecule has 0 fully saturated rings. The quantitative estimate of drug-likeness (QED) is 0.853. The average molecular weight is 295 g/mol. The number of nitrogens with zero attached hydrogens (tertiary/aromatic N) is 3. The highest BCUT2D eigenvalue weighted by atomic mass is 16.2. The molecule has 22 heavy (non-hydrogen) atoms. The lowest BCUT2D eigenvalue weighted by atomic mass is 9.91. The van der Waals surface area contributed by atoms with E-state index in [2.05, 4.69) is 18.0 Å². The van der Waals surface area contributed by atoms with Crippen LogP contribution in [0.4, 0.5) is 11.5 Å². The smallest absolute Gasteiger partial charge is 0.262 e. The molecule has 0 saturated carbocycles. The van der Waals surface area contributed by atoms with Gasteiger partial charge in [-0.1, -0.05) is 25.1 Å². The first kappa shape index (κ1) is 14.6. The van der Waals surface area contributed by atoms with E-state index in [1.807, 2.05) is 54.2 Å². The van der Waals surface area contributed by atoms with Crippen LogP contribution in [0.5, 0.6) is 0 Å². The molecule has 4 heteroatoms. The van der Waals surface area contributed by atoms with Crippen LogP contribution in [0.15, 0.2) is 42.6 Å². The van der Waals surface area contributed by atoms with Gasteiger partial charge in [0.2, 0.25) is 0 Å². The number of rotatable bonds is 2. The van der Waals surface area contributed by atoms with Gasteiger partial charge in [0.25, 0.3) is 5.91 Å². The summed E-state index contributed by atoms with van der Waals surface area (Å²) in [5.74, 6) is 1.22. The summed E-state index contributed by atoms with van der Waals surface area (Å²) in [5.41, 5.74) is 2.93. The molecule has 0 spiro atoms. The van der Waals surface area contributed by atoms with E-state index in [1.54, 1.807) is 6.20 Å². The van der Waals surface area contributed by atoms with Gasteiger partial charge in [0, 0.05) is 32.5 Å². The Morgan fingerprint density at radius 1 is 1.23 bits per heavy atom. The SMILES string of the molecule is CC1CCN(C(=O)c2cccnc2N(C)C)c2ccccc21. The fourth-order valence-corrected chi connectivity index (χ4v) is 3.03. The summed E-state index contributed by atoms with van der Waals surface area (Å²) in [5, 5.41) is 0. The molecule has 1 atom stereocenters. The molecule has 0 aliphatic carbocycles. The number of para-hydroxylation sites is 1. The summed E-state index contributed by atoms with van der Waals surface area (Å²) in [6, 6.07) is 11.9. The molecule has 0 saturated heterocycles. The van der Waals surface area contributed by atoms with E-state index in [-0.39, 0.29) is 5.91 Å². The summed E-state index contributed by atoms with van der Waals surface area (Å²) in [4.78, 5) is 21.2. The second-order valence-corrected chi connectivity index (χ2v) is 5.97. The standard InChI is InChI=1S/C18H21N3O/c1-13-10-12-21(16-9-5-4-7-14(13)16)18(22)15-8-6-11-19-17(15)20(2)3/h4-9,11,13H,10,12H2,1-3H3. The summed E-state index contributed by atoms with van der Waals surface area (Å²) in [7, 11) is 3.82. The maximum absolute atomic E-state index is 13.1. The number of hydrogen-bond donors (Lipinski definition) is 0. The molecule has 114 valence electrons. The predicted molar refractivity (Wildman–Crippen MR) is 89.7 cm³/mol. The number of fused-ring (bicyclic) bond motifs is 1. The average Bonchev–Trinajstić information content (AvgIpc) is 2.55. The molecule has 1 aromatic carbocycles. The van der Waals surface area contributed by atoms with Crippen molar-refractivity contribution in [2.45, 2.75) is 19.3 Å². The van der Waals surface area contributed by atoms with E-state index in [0.717, 1.165) is 18.7 Å². The Bertz CT molecular complexity index is 696. The Balaban J connectivity index is 2.02. The van der Waals surface area contributed by atoms with Crippen LogP contribution in [0, 0.1) is 0 Å². The molecule has 0 radical (unpaired) electrons. The van der Waals surface area contributed by atoms with Gasteiger partial charge in [-0.05, 0) is 36.1 Å². The maximum Gasteiger partial charge on any atom is 0.262 e. The highest BCUT2D eigenvalue weighted by Gasteiger charge is 2.28. The Morgan fingerprint density at radius 2 is 2.00 bits per heavy atom. The van der Waals surface area contributed by atoms with Crippen molar-refractivity contribution < 1.29 is 4.79 Å². The fourth-order valence-electron chi connectivity index (χ4n) is 3.03. The van der Waals surface area contributed by atoms with Gasteiger partial charge in [-0.2, -0.15) is 0 Å². The van der Waals surface area contributed by atoms with Crippen LogP contribution in [0.1, 0.15) is 35.2 Å². The lowest BCUT2D eigenvalue weighted by Crippen LogP contribution is -2.37. The molecule has 2 aromatic rings. The maximum atomic E-state index is 13.1. The molecule has 2 heterocycles. The molecule has 3 rings (SSSR count). The number of pyridine rings is 1. The second kappa shape index (κ2) is 5.79. The number of carbonyl (C=O) groups excluding carboxylic acids is 1. The van der Waals surface area contributed by atoms with E-state index >= 15 is 0 Å². The molecule has 0 bridgehead atoms. The van der Waals surface area contributed by atoms with Crippen molar-refractivity contribution >= 4 is 17.4 Å². The third-order valence-electron chi connectivity index (χ3n) is 4.23. The lowest BCUT2D eigenvalue weighted by molar-refractivity contribution is 0.0984. The highest BCUT2D eigenvalue weighted by Crippen LogP contribution is 2.36. The summed E-state index contributed by atoms with van der Waals surface area (Å²) in [6.45, 7) is 2.97. The Morgan fingerprint density at radius 3 is 2.77 bits per heavy atom. The van der Waals surface area contributed by atoms with Crippen LogP contribution in [0.25, 0.3) is 0 Å². The normalized spacial score (nSPS) is 17.0. The van der Waals surface area contributed by atoms with Crippen LogP contribution in [0.3, 0.4) is 0 Å². The van der Waals surface area contributed by atoms with Gasteiger partial charge < -0.3 is 9.80 Å². The highest BCUT2D eigenvalue weighted by molar-refractivity contribution is 6.09. The second-order valence-electron chi connectivity index (χ2n) is 5.97. The van der Waals surface area contributed by atoms with Crippen molar-refractivity contribution in [2.24, 2.45) is 0 Å². The Labute approximate surface area is 131 Å². The molecule has 1 unspecified atom stereocenters. The number of aromatic nitrogens is 1.